The number of carbonyl (C=O) groups excluding carboxylic acids is 1. The average molecular weight is 570 g/mol. The number of halogens is 1. The van der Waals surface area contributed by atoms with E-state index in [4.69, 9.17) is 0 Å². The van der Waals surface area contributed by atoms with E-state index in [0.717, 1.165) is 36.7 Å². The number of aliphatic imine (C=N–C) groups is 1. The zero-order valence-corrected chi connectivity index (χ0v) is 22.4. The van der Waals surface area contributed by atoms with Crippen LogP contribution in [0.1, 0.15) is 49.1 Å². The second-order valence-corrected chi connectivity index (χ2v) is 9.13. The van der Waals surface area contributed by atoms with E-state index in [9.17, 15) is 4.79 Å². The van der Waals surface area contributed by atoms with Gasteiger partial charge in [-0.1, -0.05) is 25.1 Å². The Bertz CT molecular complexity index is 858. The van der Waals surface area contributed by atoms with Crippen LogP contribution in [0.25, 0.3) is 0 Å². The molecule has 1 aromatic carbocycles. The highest BCUT2D eigenvalue weighted by atomic mass is 127. The summed E-state index contributed by atoms with van der Waals surface area (Å²) in [6.45, 7) is 4.69. The third-order valence-corrected chi connectivity index (χ3v) is 6.69. The summed E-state index contributed by atoms with van der Waals surface area (Å²) in [7, 11) is 4.04. The van der Waals surface area contributed by atoms with Crippen LogP contribution in [0, 0.1) is 5.92 Å². The number of guanidine groups is 1. The van der Waals surface area contributed by atoms with Gasteiger partial charge < -0.3 is 16.0 Å². The second kappa shape index (κ2) is 13.8. The monoisotopic (exact) mass is 569 g/mol. The molecule has 0 spiro atoms. The van der Waals surface area contributed by atoms with Gasteiger partial charge in [-0.3, -0.25) is 14.7 Å². The molecular weight excluding hydrogens is 533 g/mol. The van der Waals surface area contributed by atoms with Gasteiger partial charge in [-0.15, -0.1) is 35.3 Å². The molecule has 1 aromatic heterocycles. The van der Waals surface area contributed by atoms with Crippen molar-refractivity contribution in [2.45, 2.75) is 45.2 Å². The van der Waals surface area contributed by atoms with E-state index < -0.39 is 0 Å². The van der Waals surface area contributed by atoms with Crippen LogP contribution in [0.4, 0.5) is 5.69 Å². The fourth-order valence-corrected chi connectivity index (χ4v) is 5.21. The van der Waals surface area contributed by atoms with Gasteiger partial charge in [0.1, 0.15) is 0 Å². The lowest BCUT2D eigenvalue weighted by atomic mass is 9.88. The Morgan fingerprint density at radius 3 is 2.81 bits per heavy atom. The molecular formula is C24H36IN5OS. The highest BCUT2D eigenvalue weighted by molar-refractivity contribution is 14.0. The number of piperidine rings is 1. The zero-order valence-electron chi connectivity index (χ0n) is 19.3. The number of nitrogens with zero attached hydrogens (tertiary/aromatic N) is 2. The molecule has 0 bridgehead atoms. The molecule has 2 heterocycles. The summed E-state index contributed by atoms with van der Waals surface area (Å²) in [5.41, 5.74) is 1.94. The number of thiophene rings is 1. The van der Waals surface area contributed by atoms with Gasteiger partial charge in [0.05, 0.1) is 0 Å². The molecule has 0 saturated carbocycles. The van der Waals surface area contributed by atoms with Gasteiger partial charge >= 0.3 is 0 Å². The van der Waals surface area contributed by atoms with Gasteiger partial charge in [0.15, 0.2) is 5.96 Å². The SMILES string of the molecule is CCCC(=O)Nc1cccc(CNC(=NC)NCC2CCCN(C)C2c2cccs2)c1.I. The van der Waals surface area contributed by atoms with Gasteiger partial charge in [0, 0.05) is 43.2 Å². The predicted molar refractivity (Wildman–Crippen MR) is 146 cm³/mol. The lowest BCUT2D eigenvalue weighted by Gasteiger charge is -2.39. The minimum Gasteiger partial charge on any atom is -0.356 e. The Morgan fingerprint density at radius 2 is 2.09 bits per heavy atom. The number of hydrogen-bond acceptors (Lipinski definition) is 4. The van der Waals surface area contributed by atoms with Crippen LogP contribution in [0.15, 0.2) is 46.8 Å². The average Bonchev–Trinajstić information content (AvgIpc) is 3.28. The predicted octanol–water partition coefficient (Wildman–Crippen LogP) is 4.85. The minimum atomic E-state index is 0. The smallest absolute Gasteiger partial charge is 0.224 e. The molecule has 1 saturated heterocycles. The van der Waals surface area contributed by atoms with Crippen molar-refractivity contribution in [3.63, 3.8) is 0 Å². The number of rotatable bonds is 8. The molecule has 3 rings (SSSR count). The van der Waals surface area contributed by atoms with E-state index >= 15 is 0 Å². The van der Waals surface area contributed by atoms with E-state index in [1.165, 1.54) is 17.7 Å². The standard InChI is InChI=1S/C24H35N5OS.HI/c1-4-8-22(30)28-20-11-5-9-18(15-20)16-26-24(25-2)27-17-19-10-6-13-29(3)23(19)21-12-7-14-31-21;/h5,7,9,11-12,14-15,19,23H,4,6,8,10,13,16-17H2,1-3H3,(H,28,30)(H2,25,26,27);1H. The molecule has 2 atom stereocenters. The van der Waals surface area contributed by atoms with Gasteiger partial charge in [-0.25, -0.2) is 0 Å². The quantitative estimate of drug-likeness (QED) is 0.242. The normalized spacial score (nSPS) is 19.2. The molecule has 3 N–H and O–H groups in total. The molecule has 1 amide bonds. The Hall–Kier alpha value is -1.65. The fourth-order valence-electron chi connectivity index (χ4n) is 4.23. The molecule has 0 aliphatic carbocycles. The third-order valence-electron chi connectivity index (χ3n) is 5.74. The van der Waals surface area contributed by atoms with Crippen molar-refractivity contribution in [3.8, 4) is 0 Å². The van der Waals surface area contributed by atoms with Crippen molar-refractivity contribution in [1.29, 1.82) is 0 Å². The summed E-state index contributed by atoms with van der Waals surface area (Å²) in [5.74, 6) is 1.41. The minimum absolute atomic E-state index is 0. The topological polar surface area (TPSA) is 68.8 Å². The largest absolute Gasteiger partial charge is 0.356 e. The Morgan fingerprint density at radius 1 is 1.25 bits per heavy atom. The summed E-state index contributed by atoms with van der Waals surface area (Å²) in [5, 5.41) is 12.1. The van der Waals surface area contributed by atoms with Crippen LogP contribution in [0.5, 0.6) is 0 Å². The Balaban J connectivity index is 0.00000363. The lowest BCUT2D eigenvalue weighted by Crippen LogP contribution is -2.44. The van der Waals surface area contributed by atoms with Crippen LogP contribution in [0.2, 0.25) is 0 Å². The van der Waals surface area contributed by atoms with Gasteiger partial charge in [0.2, 0.25) is 5.91 Å². The number of amides is 1. The van der Waals surface area contributed by atoms with Crippen LogP contribution in [-0.4, -0.2) is 44.0 Å². The molecule has 1 aliphatic heterocycles. The zero-order chi connectivity index (χ0) is 22.1. The first-order chi connectivity index (χ1) is 15.1. The second-order valence-electron chi connectivity index (χ2n) is 8.15. The molecule has 2 aromatic rings. The van der Waals surface area contributed by atoms with Gasteiger partial charge in [-0.05, 0) is 67.9 Å². The van der Waals surface area contributed by atoms with Crippen molar-refractivity contribution < 1.29 is 4.79 Å². The van der Waals surface area contributed by atoms with Gasteiger partial charge in [0.25, 0.3) is 0 Å². The van der Waals surface area contributed by atoms with Crippen LogP contribution in [0.3, 0.4) is 0 Å². The maximum atomic E-state index is 11.8. The molecule has 6 nitrogen and oxygen atoms in total. The molecule has 1 aliphatic rings. The summed E-state index contributed by atoms with van der Waals surface area (Å²) in [6.07, 6.45) is 3.84. The summed E-state index contributed by atoms with van der Waals surface area (Å²) in [6, 6.07) is 12.8. The van der Waals surface area contributed by atoms with Gasteiger partial charge in [-0.2, -0.15) is 0 Å². The fraction of sp³-hybridized carbons (Fsp3) is 0.500. The van der Waals surface area contributed by atoms with E-state index in [0.29, 0.717) is 24.9 Å². The molecule has 0 radical (unpaired) electrons. The Kier molecular flexibility index (Phi) is 11.5. The van der Waals surface area contributed by atoms with Crippen LogP contribution in [-0.2, 0) is 11.3 Å². The number of anilines is 1. The molecule has 1 fully saturated rings. The van der Waals surface area contributed by atoms with Crippen LogP contribution >= 0.6 is 35.3 Å². The summed E-state index contributed by atoms with van der Waals surface area (Å²) in [4.78, 5) is 20.2. The Labute approximate surface area is 213 Å². The van der Waals surface area contributed by atoms with Crippen molar-refractivity contribution in [2.75, 3.05) is 32.5 Å². The number of benzene rings is 1. The van der Waals surface area contributed by atoms with Crippen LogP contribution < -0.4 is 16.0 Å². The number of nitrogens with one attached hydrogen (secondary N) is 3. The summed E-state index contributed by atoms with van der Waals surface area (Å²) >= 11 is 1.85. The maximum Gasteiger partial charge on any atom is 0.224 e. The van der Waals surface area contributed by atoms with Crippen molar-refractivity contribution in [1.82, 2.24) is 15.5 Å². The number of likely N-dealkylation sites (tertiary alicyclic amines) is 1. The van der Waals surface area contributed by atoms with Crippen molar-refractivity contribution in [2.24, 2.45) is 10.9 Å². The molecule has 8 heteroatoms. The molecule has 176 valence electrons. The highest BCUT2D eigenvalue weighted by Gasteiger charge is 2.31. The molecule has 2 unspecified atom stereocenters. The van der Waals surface area contributed by atoms with Crippen molar-refractivity contribution in [3.05, 3.63) is 52.2 Å². The highest BCUT2D eigenvalue weighted by Crippen LogP contribution is 2.36. The first-order valence-electron chi connectivity index (χ1n) is 11.2. The number of hydrogen-bond donors (Lipinski definition) is 3. The maximum absolute atomic E-state index is 11.8. The summed E-state index contributed by atoms with van der Waals surface area (Å²) < 4.78 is 0. The van der Waals surface area contributed by atoms with E-state index in [2.05, 4.69) is 56.5 Å². The first-order valence-corrected chi connectivity index (χ1v) is 12.1. The number of carbonyl (C=O) groups is 1. The van der Waals surface area contributed by atoms with E-state index in [1.807, 2.05) is 36.5 Å². The van der Waals surface area contributed by atoms with E-state index in [-0.39, 0.29) is 29.9 Å². The molecule has 32 heavy (non-hydrogen) atoms. The van der Waals surface area contributed by atoms with E-state index in [1.54, 1.807) is 7.05 Å². The first kappa shape index (κ1) is 26.6. The van der Waals surface area contributed by atoms with Crippen molar-refractivity contribution >= 4 is 52.9 Å². The third kappa shape index (κ3) is 7.74. The lowest BCUT2D eigenvalue weighted by molar-refractivity contribution is -0.116.